The Labute approximate surface area is 84.1 Å². The molecule has 0 aliphatic heterocycles. The molecule has 3 radical (unpaired) electrons. The van der Waals surface area contributed by atoms with Crippen molar-refractivity contribution in [2.75, 3.05) is 0 Å². The normalized spacial score (nSPS) is 15.7. The van der Waals surface area contributed by atoms with E-state index in [1.54, 1.807) is 6.20 Å². The molecule has 0 saturated heterocycles. The second-order valence-corrected chi connectivity index (χ2v) is 4.49. The van der Waals surface area contributed by atoms with Crippen LogP contribution in [-0.4, -0.2) is 15.2 Å². The summed E-state index contributed by atoms with van der Waals surface area (Å²) in [5, 5.41) is -0.510. The Bertz CT molecular complexity index is 276. The lowest BCUT2D eigenvalue weighted by Gasteiger charge is -2.21. The minimum Gasteiger partial charge on any atom is -0.323 e. The Morgan fingerprint density at radius 3 is 2.92 bits per heavy atom. The van der Waals surface area contributed by atoms with Crippen LogP contribution in [0.5, 0.6) is 0 Å². The van der Waals surface area contributed by atoms with E-state index in [1.165, 1.54) is 0 Å². The highest BCUT2D eigenvalue weighted by Crippen LogP contribution is 2.19. The van der Waals surface area contributed by atoms with E-state index >= 15 is 0 Å². The fraction of sp³-hybridized carbons (Fsp3) is 0.375. The van der Waals surface area contributed by atoms with Crippen LogP contribution in [0.15, 0.2) is 22.8 Å². The van der Waals surface area contributed by atoms with Crippen molar-refractivity contribution in [1.29, 1.82) is 0 Å². The summed E-state index contributed by atoms with van der Waals surface area (Å²) in [6.07, 6.45) is 2.53. The van der Waals surface area contributed by atoms with Crippen molar-refractivity contribution in [2.24, 2.45) is 5.73 Å². The molecular weight excluding hydrogens is 232 g/mol. The Hall–Kier alpha value is -0.193. The standard InChI is InChI=1S/C8H10BrN2Si/c1-2-8(10,12)7-5-6(9)3-4-11-7/h3-5H,2,10H2,1H3/t8-/m0/s1. The lowest BCUT2D eigenvalue weighted by molar-refractivity contribution is 0.594. The molecule has 1 aromatic rings. The third-order valence-corrected chi connectivity index (χ3v) is 2.84. The molecule has 0 aliphatic carbocycles. The van der Waals surface area contributed by atoms with Crippen molar-refractivity contribution in [1.82, 2.24) is 4.98 Å². The van der Waals surface area contributed by atoms with E-state index in [0.29, 0.717) is 0 Å². The lowest BCUT2D eigenvalue weighted by Crippen LogP contribution is -2.37. The smallest absolute Gasteiger partial charge is 0.0610 e. The van der Waals surface area contributed by atoms with Gasteiger partial charge in [-0.1, -0.05) is 22.9 Å². The van der Waals surface area contributed by atoms with Crippen LogP contribution in [0.4, 0.5) is 0 Å². The molecule has 63 valence electrons. The van der Waals surface area contributed by atoms with Crippen LogP contribution in [0.1, 0.15) is 19.0 Å². The molecule has 0 amide bonds. The molecule has 2 N–H and O–H groups in total. The first kappa shape index (κ1) is 9.89. The number of nitrogens with two attached hydrogens (primary N) is 1. The fourth-order valence-corrected chi connectivity index (χ4v) is 1.30. The van der Waals surface area contributed by atoms with Crippen LogP contribution in [-0.2, 0) is 5.16 Å². The van der Waals surface area contributed by atoms with Crippen molar-refractivity contribution in [3.63, 3.8) is 0 Å². The van der Waals surface area contributed by atoms with Gasteiger partial charge in [0.05, 0.1) is 15.9 Å². The van der Waals surface area contributed by atoms with Gasteiger partial charge in [-0.05, 0) is 18.6 Å². The molecule has 1 atom stereocenters. The maximum Gasteiger partial charge on any atom is 0.0610 e. The molecule has 0 spiro atoms. The maximum absolute atomic E-state index is 5.94. The summed E-state index contributed by atoms with van der Waals surface area (Å²) in [4.78, 5) is 4.18. The molecule has 1 heterocycles. The second kappa shape index (κ2) is 3.68. The van der Waals surface area contributed by atoms with Crippen LogP contribution in [0.2, 0.25) is 0 Å². The predicted octanol–water partition coefficient (Wildman–Crippen LogP) is 1.53. The van der Waals surface area contributed by atoms with Crippen LogP contribution in [0, 0.1) is 0 Å². The Morgan fingerprint density at radius 2 is 2.42 bits per heavy atom. The zero-order chi connectivity index (χ0) is 9.19. The summed E-state index contributed by atoms with van der Waals surface area (Å²) in [5.74, 6) is 0. The molecule has 0 aromatic carbocycles. The van der Waals surface area contributed by atoms with E-state index in [0.717, 1.165) is 16.6 Å². The van der Waals surface area contributed by atoms with Gasteiger partial charge in [0.1, 0.15) is 0 Å². The van der Waals surface area contributed by atoms with E-state index < -0.39 is 5.16 Å². The number of nitrogens with zero attached hydrogens (tertiary/aromatic N) is 1. The fourth-order valence-electron chi connectivity index (χ4n) is 0.830. The number of rotatable bonds is 2. The summed E-state index contributed by atoms with van der Waals surface area (Å²) in [5.41, 5.74) is 6.78. The molecule has 0 saturated carbocycles. The van der Waals surface area contributed by atoms with Crippen molar-refractivity contribution < 1.29 is 0 Å². The zero-order valence-corrected chi connectivity index (χ0v) is 9.43. The molecule has 0 unspecified atom stereocenters. The van der Waals surface area contributed by atoms with E-state index in [9.17, 15) is 0 Å². The van der Waals surface area contributed by atoms with Crippen LogP contribution in [0.3, 0.4) is 0 Å². The first-order valence-corrected chi connectivity index (χ1v) is 5.01. The minimum atomic E-state index is -0.510. The van der Waals surface area contributed by atoms with E-state index in [-0.39, 0.29) is 0 Å². The average molecular weight is 242 g/mol. The van der Waals surface area contributed by atoms with Gasteiger partial charge in [0.25, 0.3) is 0 Å². The van der Waals surface area contributed by atoms with Gasteiger partial charge < -0.3 is 5.73 Å². The van der Waals surface area contributed by atoms with E-state index in [2.05, 4.69) is 31.2 Å². The lowest BCUT2D eigenvalue weighted by atomic mass is 10.1. The van der Waals surface area contributed by atoms with Gasteiger partial charge in [0, 0.05) is 15.8 Å². The Morgan fingerprint density at radius 1 is 1.75 bits per heavy atom. The van der Waals surface area contributed by atoms with E-state index in [4.69, 9.17) is 5.73 Å². The van der Waals surface area contributed by atoms with Gasteiger partial charge in [-0.15, -0.1) is 0 Å². The quantitative estimate of drug-likeness (QED) is 0.799. The number of pyridine rings is 1. The van der Waals surface area contributed by atoms with Gasteiger partial charge in [0.2, 0.25) is 0 Å². The topological polar surface area (TPSA) is 38.9 Å². The van der Waals surface area contributed by atoms with Gasteiger partial charge in [-0.25, -0.2) is 0 Å². The monoisotopic (exact) mass is 241 g/mol. The molecular formula is C8H10BrN2Si. The summed E-state index contributed by atoms with van der Waals surface area (Å²) in [6.45, 7) is 2.01. The van der Waals surface area contributed by atoms with E-state index in [1.807, 2.05) is 19.1 Å². The van der Waals surface area contributed by atoms with Gasteiger partial charge in [0.15, 0.2) is 0 Å². The first-order valence-electron chi connectivity index (χ1n) is 3.72. The van der Waals surface area contributed by atoms with Crippen molar-refractivity contribution in [2.45, 2.75) is 18.5 Å². The summed E-state index contributed by atoms with van der Waals surface area (Å²) in [7, 11) is 3.47. The molecule has 1 aromatic heterocycles. The van der Waals surface area contributed by atoms with Crippen LogP contribution >= 0.6 is 15.9 Å². The van der Waals surface area contributed by atoms with Gasteiger partial charge in [-0.3, -0.25) is 4.98 Å². The molecule has 4 heteroatoms. The minimum absolute atomic E-state index is 0.510. The maximum atomic E-state index is 5.94. The largest absolute Gasteiger partial charge is 0.323 e. The highest BCUT2D eigenvalue weighted by molar-refractivity contribution is 9.10. The molecule has 12 heavy (non-hydrogen) atoms. The highest BCUT2D eigenvalue weighted by Gasteiger charge is 2.19. The Balaban J connectivity index is 3.03. The molecule has 0 fully saturated rings. The summed E-state index contributed by atoms with van der Waals surface area (Å²) >= 11 is 3.37. The zero-order valence-electron chi connectivity index (χ0n) is 6.84. The SMILES string of the molecule is CC[C@](N)([Si])c1cc(Br)ccn1. The third kappa shape index (κ3) is 2.15. The predicted molar refractivity (Wildman–Crippen MR) is 53.8 cm³/mol. The first-order chi connectivity index (χ1) is 5.56. The van der Waals surface area contributed by atoms with Gasteiger partial charge in [-0.2, -0.15) is 0 Å². The van der Waals surface area contributed by atoms with Crippen LogP contribution in [0.25, 0.3) is 0 Å². The van der Waals surface area contributed by atoms with Crippen LogP contribution < -0.4 is 5.73 Å². The number of hydrogen-bond donors (Lipinski definition) is 1. The second-order valence-electron chi connectivity index (χ2n) is 2.68. The summed E-state index contributed by atoms with van der Waals surface area (Å²) < 4.78 is 0.994. The Kier molecular flexibility index (Phi) is 3.03. The number of aromatic nitrogens is 1. The van der Waals surface area contributed by atoms with Gasteiger partial charge >= 0.3 is 0 Å². The molecule has 0 aliphatic rings. The molecule has 2 nitrogen and oxygen atoms in total. The summed E-state index contributed by atoms with van der Waals surface area (Å²) in [6, 6.07) is 3.79. The highest BCUT2D eigenvalue weighted by atomic mass is 79.9. The number of hydrogen-bond acceptors (Lipinski definition) is 2. The molecule has 1 rings (SSSR count). The van der Waals surface area contributed by atoms with Crippen molar-refractivity contribution >= 4 is 26.2 Å². The van der Waals surface area contributed by atoms with Crippen molar-refractivity contribution in [3.05, 3.63) is 28.5 Å². The third-order valence-electron chi connectivity index (χ3n) is 1.74. The molecule has 0 bridgehead atoms. The van der Waals surface area contributed by atoms with Crippen molar-refractivity contribution in [3.8, 4) is 0 Å². The number of halogens is 1. The average Bonchev–Trinajstić information content (AvgIpc) is 2.05.